The van der Waals surface area contributed by atoms with Crippen LogP contribution >= 0.6 is 0 Å². The largest absolute Gasteiger partial charge is 0.373 e. The smallest absolute Gasteiger partial charge is 0.251 e. The van der Waals surface area contributed by atoms with Gasteiger partial charge in [0.25, 0.3) is 5.91 Å². The van der Waals surface area contributed by atoms with Crippen molar-refractivity contribution in [3.05, 3.63) is 11.4 Å². The van der Waals surface area contributed by atoms with Gasteiger partial charge in [0.15, 0.2) is 0 Å². The summed E-state index contributed by atoms with van der Waals surface area (Å²) in [6.45, 7) is 1.90. The number of rotatable bonds is 4. The molecule has 0 radical (unpaired) electrons. The van der Waals surface area contributed by atoms with Gasteiger partial charge in [-0.15, -0.1) is 0 Å². The van der Waals surface area contributed by atoms with Crippen molar-refractivity contribution in [3.8, 4) is 0 Å². The third-order valence-electron chi connectivity index (χ3n) is 4.03. The monoisotopic (exact) mass is 289 g/mol. The number of aromatic nitrogens is 2. The summed E-state index contributed by atoms with van der Waals surface area (Å²) in [7, 11) is 3.32. The molecule has 0 bridgehead atoms. The predicted molar refractivity (Wildman–Crippen MR) is 78.1 cm³/mol. The molecule has 2 fully saturated rings. The zero-order chi connectivity index (χ0) is 15.1. The minimum absolute atomic E-state index is 0.166. The van der Waals surface area contributed by atoms with Gasteiger partial charge < -0.3 is 10.6 Å². The molecular formula is C14H19N5O2. The maximum absolute atomic E-state index is 12.0. The van der Waals surface area contributed by atoms with E-state index in [1.54, 1.807) is 0 Å². The van der Waals surface area contributed by atoms with E-state index in [1.807, 2.05) is 14.0 Å². The first-order chi connectivity index (χ1) is 10.0. The Morgan fingerprint density at radius 2 is 1.86 bits per heavy atom. The number of imide groups is 1. The average Bonchev–Trinajstić information content (AvgIpc) is 3.28. The standard InChI is InChI=1S/C14H19N5O2/c1-7-11(15-2)17-13(8-4-5-8)18-12(7)16-9-6-10(20)19(3)14(9)21/h8-9H,4-6H2,1-3H3,(H2,15,16,17,18). The first-order valence-electron chi connectivity index (χ1n) is 7.14. The quantitative estimate of drug-likeness (QED) is 0.800. The Labute approximate surface area is 123 Å². The molecule has 2 heterocycles. The van der Waals surface area contributed by atoms with Crippen LogP contribution in [0.1, 0.15) is 36.6 Å². The fraction of sp³-hybridized carbons (Fsp3) is 0.571. The van der Waals surface area contributed by atoms with E-state index in [0.717, 1.165) is 34.9 Å². The van der Waals surface area contributed by atoms with Crippen LogP contribution in [0.25, 0.3) is 0 Å². The van der Waals surface area contributed by atoms with Crippen LogP contribution in [0.5, 0.6) is 0 Å². The number of anilines is 2. The highest BCUT2D eigenvalue weighted by Gasteiger charge is 2.37. The molecule has 0 spiro atoms. The van der Waals surface area contributed by atoms with E-state index in [1.165, 1.54) is 7.05 Å². The second-order valence-electron chi connectivity index (χ2n) is 5.62. The molecule has 1 saturated carbocycles. The van der Waals surface area contributed by atoms with Crippen molar-refractivity contribution < 1.29 is 9.59 Å². The van der Waals surface area contributed by atoms with Crippen molar-refractivity contribution >= 4 is 23.5 Å². The third-order valence-corrected chi connectivity index (χ3v) is 4.03. The van der Waals surface area contributed by atoms with Gasteiger partial charge >= 0.3 is 0 Å². The van der Waals surface area contributed by atoms with Crippen molar-refractivity contribution in [2.24, 2.45) is 0 Å². The molecule has 21 heavy (non-hydrogen) atoms. The van der Waals surface area contributed by atoms with E-state index >= 15 is 0 Å². The van der Waals surface area contributed by atoms with E-state index in [4.69, 9.17) is 0 Å². The summed E-state index contributed by atoms with van der Waals surface area (Å²) in [5, 5.41) is 6.17. The fourth-order valence-electron chi connectivity index (χ4n) is 2.48. The zero-order valence-corrected chi connectivity index (χ0v) is 12.4. The first-order valence-corrected chi connectivity index (χ1v) is 7.14. The lowest BCUT2D eigenvalue weighted by Crippen LogP contribution is -2.32. The van der Waals surface area contributed by atoms with Gasteiger partial charge in [-0.1, -0.05) is 0 Å². The molecule has 1 aliphatic carbocycles. The lowest BCUT2D eigenvalue weighted by molar-refractivity contribution is -0.136. The fourth-order valence-corrected chi connectivity index (χ4v) is 2.48. The molecule has 1 atom stereocenters. The van der Waals surface area contributed by atoms with Crippen LogP contribution in [0, 0.1) is 6.92 Å². The average molecular weight is 289 g/mol. The van der Waals surface area contributed by atoms with Gasteiger partial charge in [0.05, 0.1) is 6.42 Å². The minimum atomic E-state index is -0.534. The molecule has 2 N–H and O–H groups in total. The van der Waals surface area contributed by atoms with Crippen molar-refractivity contribution in [3.63, 3.8) is 0 Å². The number of nitrogens with zero attached hydrogens (tertiary/aromatic N) is 3. The summed E-state index contributed by atoms with van der Waals surface area (Å²) in [5.41, 5.74) is 0.858. The molecule has 112 valence electrons. The van der Waals surface area contributed by atoms with E-state index in [-0.39, 0.29) is 18.2 Å². The minimum Gasteiger partial charge on any atom is -0.373 e. The summed E-state index contributed by atoms with van der Waals surface area (Å²) >= 11 is 0. The highest BCUT2D eigenvalue weighted by atomic mass is 16.2. The SMILES string of the molecule is CNc1nc(C2CC2)nc(NC2CC(=O)N(C)C2=O)c1C. The lowest BCUT2D eigenvalue weighted by Gasteiger charge is -2.16. The molecule has 7 heteroatoms. The van der Waals surface area contributed by atoms with Gasteiger partial charge in [-0.25, -0.2) is 9.97 Å². The van der Waals surface area contributed by atoms with Crippen LogP contribution < -0.4 is 10.6 Å². The van der Waals surface area contributed by atoms with E-state index in [2.05, 4.69) is 20.6 Å². The second-order valence-corrected chi connectivity index (χ2v) is 5.62. The number of hydrogen-bond acceptors (Lipinski definition) is 6. The van der Waals surface area contributed by atoms with E-state index in [9.17, 15) is 9.59 Å². The number of likely N-dealkylation sites (N-methyl/N-ethyl adjacent to an activating group) is 1. The molecule has 1 unspecified atom stereocenters. The van der Waals surface area contributed by atoms with Crippen molar-refractivity contribution in [2.75, 3.05) is 24.7 Å². The summed E-state index contributed by atoms with van der Waals surface area (Å²) < 4.78 is 0. The topological polar surface area (TPSA) is 87.2 Å². The number of likely N-dealkylation sites (tertiary alicyclic amines) is 1. The van der Waals surface area contributed by atoms with Crippen LogP contribution in [0.4, 0.5) is 11.6 Å². The van der Waals surface area contributed by atoms with Crippen LogP contribution in [-0.2, 0) is 9.59 Å². The Kier molecular flexibility index (Phi) is 3.27. The Balaban J connectivity index is 1.89. The van der Waals surface area contributed by atoms with E-state index < -0.39 is 6.04 Å². The van der Waals surface area contributed by atoms with Gasteiger partial charge in [-0.05, 0) is 19.8 Å². The van der Waals surface area contributed by atoms with Crippen molar-refractivity contribution in [1.29, 1.82) is 0 Å². The molecular weight excluding hydrogens is 270 g/mol. The van der Waals surface area contributed by atoms with Crippen LogP contribution in [0.15, 0.2) is 0 Å². The van der Waals surface area contributed by atoms with Crippen LogP contribution in [0.3, 0.4) is 0 Å². The molecule has 2 amide bonds. The second kappa shape index (κ2) is 4.98. The zero-order valence-electron chi connectivity index (χ0n) is 12.4. The van der Waals surface area contributed by atoms with Gasteiger partial charge in [0, 0.05) is 25.6 Å². The molecule has 3 rings (SSSR count). The van der Waals surface area contributed by atoms with Gasteiger partial charge in [0.1, 0.15) is 23.5 Å². The summed E-state index contributed by atoms with van der Waals surface area (Å²) in [6, 6.07) is -0.534. The molecule has 7 nitrogen and oxygen atoms in total. The number of hydrogen-bond donors (Lipinski definition) is 2. The molecule has 1 saturated heterocycles. The van der Waals surface area contributed by atoms with Gasteiger partial charge in [-0.3, -0.25) is 14.5 Å². The highest BCUT2D eigenvalue weighted by Crippen LogP contribution is 2.39. The Bertz CT molecular complexity index is 612. The van der Waals surface area contributed by atoms with Crippen molar-refractivity contribution in [1.82, 2.24) is 14.9 Å². The lowest BCUT2D eigenvalue weighted by atomic mass is 10.2. The number of carbonyl (C=O) groups is 2. The highest BCUT2D eigenvalue weighted by molar-refractivity contribution is 6.06. The van der Waals surface area contributed by atoms with Crippen LogP contribution in [-0.4, -0.2) is 46.8 Å². The van der Waals surface area contributed by atoms with E-state index in [0.29, 0.717) is 11.7 Å². The molecule has 0 aromatic carbocycles. The summed E-state index contributed by atoms with van der Waals surface area (Å²) in [5.74, 6) is 2.24. The van der Waals surface area contributed by atoms with Crippen molar-refractivity contribution in [2.45, 2.75) is 38.1 Å². The maximum Gasteiger partial charge on any atom is 0.251 e. The predicted octanol–water partition coefficient (Wildman–Crippen LogP) is 0.873. The van der Waals surface area contributed by atoms with Crippen LogP contribution in [0.2, 0.25) is 0 Å². The van der Waals surface area contributed by atoms with Gasteiger partial charge in [0.2, 0.25) is 5.91 Å². The normalized spacial score (nSPS) is 21.9. The molecule has 1 aliphatic heterocycles. The molecule has 2 aliphatic rings. The third kappa shape index (κ3) is 2.43. The summed E-state index contributed by atoms with van der Waals surface area (Å²) in [6.07, 6.45) is 2.39. The number of nitrogens with one attached hydrogen (secondary N) is 2. The van der Waals surface area contributed by atoms with Gasteiger partial charge in [-0.2, -0.15) is 0 Å². The summed E-state index contributed by atoms with van der Waals surface area (Å²) in [4.78, 5) is 33.8. The first kappa shape index (κ1) is 13.8. The Hall–Kier alpha value is -2.18. The number of carbonyl (C=O) groups excluding carboxylic acids is 2. The maximum atomic E-state index is 12.0. The Morgan fingerprint density at radius 1 is 1.19 bits per heavy atom. The molecule has 1 aromatic rings. The number of amides is 2. The Morgan fingerprint density at radius 3 is 2.38 bits per heavy atom. The molecule has 1 aromatic heterocycles.